The Hall–Kier alpha value is -2.08. The normalized spacial score (nSPS) is 9.94. The fraction of sp³-hybridized carbons (Fsp3) is 0.0909. The summed E-state index contributed by atoms with van der Waals surface area (Å²) in [5, 5.41) is 4.70. The average Bonchev–Trinajstić information content (AvgIpc) is 2.77. The molecule has 2 aromatic rings. The number of carbonyl (C=O) groups excluding carboxylic acids is 1. The van der Waals surface area contributed by atoms with Gasteiger partial charge in [-0.2, -0.15) is 0 Å². The zero-order valence-electron chi connectivity index (χ0n) is 9.14. The quantitative estimate of drug-likeness (QED) is 0.872. The second-order valence-corrected chi connectivity index (χ2v) is 4.12. The van der Waals surface area contributed by atoms with Crippen molar-refractivity contribution < 1.29 is 9.53 Å². The molecular formula is C11H11N3O2S. The lowest BCUT2D eigenvalue weighted by atomic mass is 10.3. The van der Waals surface area contributed by atoms with Gasteiger partial charge in [0, 0.05) is 5.38 Å². The van der Waals surface area contributed by atoms with Gasteiger partial charge < -0.3 is 15.8 Å². The van der Waals surface area contributed by atoms with Crippen LogP contribution < -0.4 is 15.8 Å². The van der Waals surface area contributed by atoms with E-state index < -0.39 is 0 Å². The van der Waals surface area contributed by atoms with Gasteiger partial charge in [0.25, 0.3) is 5.91 Å². The van der Waals surface area contributed by atoms with Crippen LogP contribution >= 0.6 is 11.3 Å². The summed E-state index contributed by atoms with van der Waals surface area (Å²) < 4.78 is 5.13. The first-order valence-electron chi connectivity index (χ1n) is 4.86. The van der Waals surface area contributed by atoms with Crippen LogP contribution in [0.1, 0.15) is 10.5 Å². The van der Waals surface area contributed by atoms with Gasteiger partial charge in [0.05, 0.1) is 12.8 Å². The number of nitrogens with one attached hydrogen (secondary N) is 1. The van der Waals surface area contributed by atoms with E-state index in [9.17, 15) is 4.79 Å². The average molecular weight is 249 g/mol. The van der Waals surface area contributed by atoms with Crippen LogP contribution in [0.2, 0.25) is 0 Å². The maximum absolute atomic E-state index is 11.8. The number of aromatic nitrogens is 1. The number of nitrogen functional groups attached to an aromatic ring is 1. The Labute approximate surface area is 102 Å². The molecule has 0 spiro atoms. The Balaban J connectivity index is 2.18. The number of carbonyl (C=O) groups is 1. The molecule has 2 rings (SSSR count). The fourth-order valence-electron chi connectivity index (χ4n) is 1.33. The lowest BCUT2D eigenvalue weighted by Crippen LogP contribution is -2.13. The molecule has 5 nitrogen and oxygen atoms in total. The monoisotopic (exact) mass is 249 g/mol. The van der Waals surface area contributed by atoms with E-state index in [-0.39, 0.29) is 5.91 Å². The smallest absolute Gasteiger partial charge is 0.275 e. The summed E-state index contributed by atoms with van der Waals surface area (Å²) in [5.74, 6) is 0.298. The van der Waals surface area contributed by atoms with Gasteiger partial charge in [0.2, 0.25) is 0 Å². The van der Waals surface area contributed by atoms with Crippen LogP contribution in [-0.4, -0.2) is 18.0 Å². The van der Waals surface area contributed by atoms with Gasteiger partial charge in [-0.15, -0.1) is 11.3 Å². The molecule has 0 radical (unpaired) electrons. The van der Waals surface area contributed by atoms with Crippen molar-refractivity contribution in [3.05, 3.63) is 35.3 Å². The number of methoxy groups -OCH3 is 1. The van der Waals surface area contributed by atoms with Crippen LogP contribution in [0, 0.1) is 0 Å². The zero-order chi connectivity index (χ0) is 12.3. The highest BCUT2D eigenvalue weighted by Crippen LogP contribution is 2.23. The third-order valence-corrected chi connectivity index (χ3v) is 2.78. The number of ether oxygens (including phenoxy) is 1. The molecule has 0 unspecified atom stereocenters. The molecule has 0 atom stereocenters. The molecule has 17 heavy (non-hydrogen) atoms. The molecule has 0 saturated carbocycles. The largest absolute Gasteiger partial charge is 0.495 e. The van der Waals surface area contributed by atoms with Crippen molar-refractivity contribution in [3.63, 3.8) is 0 Å². The summed E-state index contributed by atoms with van der Waals surface area (Å²) in [4.78, 5) is 15.7. The number of nitrogens with two attached hydrogens (primary N) is 1. The molecule has 1 heterocycles. The zero-order valence-corrected chi connectivity index (χ0v) is 9.95. The standard InChI is InChI=1S/C11H11N3O2S/c1-16-9-5-3-2-4-7(9)13-10(15)8-6-17-11(12)14-8/h2-6H,1H3,(H2,12,14)(H,13,15). The number of hydrogen-bond donors (Lipinski definition) is 2. The van der Waals surface area contributed by atoms with Crippen LogP contribution in [0.4, 0.5) is 10.8 Å². The maximum atomic E-state index is 11.8. The van der Waals surface area contributed by atoms with Gasteiger partial charge in [0.15, 0.2) is 5.13 Å². The summed E-state index contributed by atoms with van der Waals surface area (Å²) in [6, 6.07) is 7.17. The van der Waals surface area contributed by atoms with E-state index in [1.165, 1.54) is 11.3 Å². The van der Waals surface area contributed by atoms with Crippen molar-refractivity contribution >= 4 is 28.1 Å². The second-order valence-electron chi connectivity index (χ2n) is 3.23. The topological polar surface area (TPSA) is 77.2 Å². The molecule has 3 N–H and O–H groups in total. The summed E-state index contributed by atoms with van der Waals surface area (Å²) in [6.07, 6.45) is 0. The van der Waals surface area contributed by atoms with E-state index in [1.807, 2.05) is 12.1 Å². The van der Waals surface area contributed by atoms with Crippen LogP contribution in [0.3, 0.4) is 0 Å². The number of nitrogens with zero attached hydrogens (tertiary/aromatic N) is 1. The molecule has 1 aromatic carbocycles. The minimum atomic E-state index is -0.303. The Morgan fingerprint density at radius 2 is 2.24 bits per heavy atom. The van der Waals surface area contributed by atoms with E-state index in [1.54, 1.807) is 24.6 Å². The molecule has 0 bridgehead atoms. The maximum Gasteiger partial charge on any atom is 0.275 e. The minimum Gasteiger partial charge on any atom is -0.495 e. The molecule has 0 aliphatic carbocycles. The highest BCUT2D eigenvalue weighted by atomic mass is 32.1. The highest BCUT2D eigenvalue weighted by molar-refractivity contribution is 7.13. The van der Waals surface area contributed by atoms with Gasteiger partial charge >= 0.3 is 0 Å². The van der Waals surface area contributed by atoms with Crippen LogP contribution in [0.15, 0.2) is 29.6 Å². The van der Waals surface area contributed by atoms with E-state index >= 15 is 0 Å². The number of para-hydroxylation sites is 2. The van der Waals surface area contributed by atoms with Gasteiger partial charge in [-0.25, -0.2) is 4.98 Å². The van der Waals surface area contributed by atoms with E-state index in [4.69, 9.17) is 10.5 Å². The third kappa shape index (κ3) is 2.54. The molecule has 0 fully saturated rings. The summed E-state index contributed by atoms with van der Waals surface area (Å²) in [5.41, 5.74) is 6.38. The van der Waals surface area contributed by atoms with Crippen molar-refractivity contribution in [2.75, 3.05) is 18.2 Å². The number of anilines is 2. The SMILES string of the molecule is COc1ccccc1NC(=O)c1csc(N)n1. The Bertz CT molecular complexity index is 539. The van der Waals surface area contributed by atoms with E-state index in [0.29, 0.717) is 22.3 Å². The first kappa shape index (κ1) is 11.4. The summed E-state index contributed by atoms with van der Waals surface area (Å²) >= 11 is 1.23. The van der Waals surface area contributed by atoms with E-state index in [2.05, 4.69) is 10.3 Å². The molecule has 0 aliphatic heterocycles. The van der Waals surface area contributed by atoms with Crippen molar-refractivity contribution in [2.45, 2.75) is 0 Å². The molecule has 0 saturated heterocycles. The van der Waals surface area contributed by atoms with Crippen molar-refractivity contribution in [2.24, 2.45) is 0 Å². The summed E-state index contributed by atoms with van der Waals surface area (Å²) in [7, 11) is 1.55. The first-order valence-corrected chi connectivity index (χ1v) is 5.74. The number of hydrogen-bond acceptors (Lipinski definition) is 5. The van der Waals surface area contributed by atoms with Crippen molar-refractivity contribution in [1.82, 2.24) is 4.98 Å². The molecule has 6 heteroatoms. The molecule has 1 aromatic heterocycles. The van der Waals surface area contributed by atoms with Crippen molar-refractivity contribution in [3.8, 4) is 5.75 Å². The van der Waals surface area contributed by atoms with Gasteiger partial charge in [-0.05, 0) is 12.1 Å². The Kier molecular flexibility index (Phi) is 3.24. The highest BCUT2D eigenvalue weighted by Gasteiger charge is 2.11. The molecule has 88 valence electrons. The predicted molar refractivity (Wildman–Crippen MR) is 67.5 cm³/mol. The number of amides is 1. The molecular weight excluding hydrogens is 238 g/mol. The second kappa shape index (κ2) is 4.84. The number of benzene rings is 1. The Morgan fingerprint density at radius 3 is 2.88 bits per heavy atom. The fourth-order valence-corrected chi connectivity index (χ4v) is 1.87. The predicted octanol–water partition coefficient (Wildman–Crippen LogP) is 1.99. The van der Waals surface area contributed by atoms with Gasteiger partial charge in [0.1, 0.15) is 11.4 Å². The first-order chi connectivity index (χ1) is 8.20. The van der Waals surface area contributed by atoms with Gasteiger partial charge in [-0.1, -0.05) is 12.1 Å². The van der Waals surface area contributed by atoms with Crippen molar-refractivity contribution in [1.29, 1.82) is 0 Å². The number of rotatable bonds is 3. The summed E-state index contributed by atoms with van der Waals surface area (Å²) in [6.45, 7) is 0. The minimum absolute atomic E-state index is 0.303. The lowest BCUT2D eigenvalue weighted by Gasteiger charge is -2.08. The molecule has 0 aliphatic rings. The lowest BCUT2D eigenvalue weighted by molar-refractivity contribution is 0.102. The third-order valence-electron chi connectivity index (χ3n) is 2.11. The van der Waals surface area contributed by atoms with Crippen LogP contribution in [0.5, 0.6) is 5.75 Å². The van der Waals surface area contributed by atoms with Crippen LogP contribution in [-0.2, 0) is 0 Å². The van der Waals surface area contributed by atoms with E-state index in [0.717, 1.165) is 0 Å². The van der Waals surface area contributed by atoms with Crippen LogP contribution in [0.25, 0.3) is 0 Å². The molecule has 1 amide bonds. The number of thiazole rings is 1. The Morgan fingerprint density at radius 1 is 1.47 bits per heavy atom. The van der Waals surface area contributed by atoms with Gasteiger partial charge in [-0.3, -0.25) is 4.79 Å².